The molecule has 2 fully saturated rings. The molecule has 0 radical (unpaired) electrons. The van der Waals surface area contributed by atoms with Gasteiger partial charge in [0.15, 0.2) is 5.11 Å². The number of thiocarbonyl (C=S) groups is 1. The van der Waals surface area contributed by atoms with E-state index >= 15 is 0 Å². The molecule has 2 aliphatic heterocycles. The molecule has 0 spiro atoms. The zero-order valence-electron chi connectivity index (χ0n) is 15.8. The van der Waals surface area contributed by atoms with Gasteiger partial charge in [0.05, 0.1) is 31.0 Å². The molecule has 6 nitrogen and oxygen atoms in total. The summed E-state index contributed by atoms with van der Waals surface area (Å²) < 4.78 is 7.63. The van der Waals surface area contributed by atoms with Crippen molar-refractivity contribution < 1.29 is 4.74 Å². The van der Waals surface area contributed by atoms with E-state index in [-0.39, 0.29) is 12.1 Å². The summed E-state index contributed by atoms with van der Waals surface area (Å²) in [7, 11) is 2.10. The van der Waals surface area contributed by atoms with Crippen LogP contribution in [0.25, 0.3) is 0 Å². The number of aromatic nitrogens is 2. The van der Waals surface area contributed by atoms with Crippen LogP contribution in [0.4, 0.5) is 0 Å². The molecule has 0 unspecified atom stereocenters. The summed E-state index contributed by atoms with van der Waals surface area (Å²) >= 11 is 5.73. The molecule has 0 aromatic carbocycles. The lowest BCUT2D eigenvalue weighted by Crippen LogP contribution is -2.39. The van der Waals surface area contributed by atoms with Crippen molar-refractivity contribution in [1.82, 2.24) is 24.7 Å². The number of morpholine rings is 1. The van der Waals surface area contributed by atoms with Crippen LogP contribution in [0, 0.1) is 0 Å². The Morgan fingerprint density at radius 1 is 1.19 bits per heavy atom. The van der Waals surface area contributed by atoms with Crippen molar-refractivity contribution in [3.8, 4) is 0 Å². The molecule has 27 heavy (non-hydrogen) atoms. The number of pyridine rings is 1. The molecule has 2 aliphatic rings. The summed E-state index contributed by atoms with van der Waals surface area (Å²) in [6.07, 6.45) is 5.03. The van der Waals surface area contributed by atoms with Crippen molar-refractivity contribution in [2.45, 2.75) is 18.5 Å². The number of nitrogens with one attached hydrogen (secondary N) is 1. The SMILES string of the molecule is Cn1cccc1[C@@H]1[C@H](c2ccccn2)NC(=S)N1CCCN1CCOCC1. The minimum atomic E-state index is 0.0655. The molecule has 2 aromatic heterocycles. The van der Waals surface area contributed by atoms with Gasteiger partial charge in [-0.25, -0.2) is 0 Å². The average Bonchev–Trinajstić information content (AvgIpc) is 3.26. The number of aryl methyl sites for hydroxylation is 1. The second-order valence-electron chi connectivity index (χ2n) is 7.17. The molecule has 0 saturated carbocycles. The van der Waals surface area contributed by atoms with Gasteiger partial charge in [-0.2, -0.15) is 0 Å². The van der Waals surface area contributed by atoms with Gasteiger partial charge in [0.1, 0.15) is 0 Å². The Morgan fingerprint density at radius 2 is 2.04 bits per heavy atom. The second kappa shape index (κ2) is 8.37. The highest BCUT2D eigenvalue weighted by atomic mass is 32.1. The lowest BCUT2D eigenvalue weighted by Gasteiger charge is -2.30. The van der Waals surface area contributed by atoms with Gasteiger partial charge in [0.25, 0.3) is 0 Å². The van der Waals surface area contributed by atoms with E-state index in [1.54, 1.807) is 0 Å². The molecule has 2 aromatic rings. The van der Waals surface area contributed by atoms with Crippen LogP contribution in [0.15, 0.2) is 42.7 Å². The Kier molecular flexibility index (Phi) is 5.71. The Morgan fingerprint density at radius 3 is 2.74 bits per heavy atom. The van der Waals surface area contributed by atoms with Gasteiger partial charge >= 0.3 is 0 Å². The highest BCUT2D eigenvalue weighted by Crippen LogP contribution is 2.38. The lowest BCUT2D eigenvalue weighted by atomic mass is 10.0. The minimum Gasteiger partial charge on any atom is -0.379 e. The van der Waals surface area contributed by atoms with Gasteiger partial charge in [0, 0.05) is 51.3 Å². The molecule has 7 heteroatoms. The zero-order chi connectivity index (χ0) is 18.6. The smallest absolute Gasteiger partial charge is 0.170 e. The lowest BCUT2D eigenvalue weighted by molar-refractivity contribution is 0.0365. The first kappa shape index (κ1) is 18.4. The number of hydrogen-bond acceptors (Lipinski definition) is 4. The van der Waals surface area contributed by atoms with Crippen molar-refractivity contribution in [3.05, 3.63) is 54.1 Å². The maximum Gasteiger partial charge on any atom is 0.170 e. The van der Waals surface area contributed by atoms with Crippen LogP contribution in [-0.4, -0.2) is 63.9 Å². The molecule has 2 atom stereocenters. The first-order valence-corrected chi connectivity index (χ1v) is 10.0. The van der Waals surface area contributed by atoms with Crippen molar-refractivity contribution in [2.75, 3.05) is 39.4 Å². The maximum atomic E-state index is 5.73. The molecule has 4 heterocycles. The molecule has 0 aliphatic carbocycles. The Hall–Kier alpha value is -1.96. The zero-order valence-corrected chi connectivity index (χ0v) is 16.6. The van der Waals surface area contributed by atoms with Gasteiger partial charge < -0.3 is 19.5 Å². The Bertz CT molecular complexity index is 759. The fraction of sp³-hybridized carbons (Fsp3) is 0.500. The number of nitrogens with zero attached hydrogens (tertiary/aromatic N) is 4. The summed E-state index contributed by atoms with van der Waals surface area (Å²) in [4.78, 5) is 9.41. The molecule has 0 bridgehead atoms. The van der Waals surface area contributed by atoms with E-state index in [1.807, 2.05) is 18.3 Å². The molecule has 1 N–H and O–H groups in total. The van der Waals surface area contributed by atoms with Crippen LogP contribution in [0.2, 0.25) is 0 Å². The van der Waals surface area contributed by atoms with E-state index < -0.39 is 0 Å². The van der Waals surface area contributed by atoms with Crippen molar-refractivity contribution in [1.29, 1.82) is 0 Å². The van der Waals surface area contributed by atoms with Gasteiger partial charge in [-0.05, 0) is 42.9 Å². The third-order valence-electron chi connectivity index (χ3n) is 5.46. The number of ether oxygens (including phenoxy) is 1. The molecule has 0 amide bonds. The average molecular weight is 386 g/mol. The monoisotopic (exact) mass is 385 g/mol. The van der Waals surface area contributed by atoms with Crippen LogP contribution < -0.4 is 5.32 Å². The van der Waals surface area contributed by atoms with Crippen LogP contribution in [0.5, 0.6) is 0 Å². The molecular formula is C20H27N5OS. The highest BCUT2D eigenvalue weighted by molar-refractivity contribution is 7.80. The van der Waals surface area contributed by atoms with E-state index in [9.17, 15) is 0 Å². The molecule has 144 valence electrons. The number of rotatable bonds is 6. The Labute approximate surface area is 166 Å². The predicted molar refractivity (Wildman–Crippen MR) is 109 cm³/mol. The van der Waals surface area contributed by atoms with E-state index in [1.165, 1.54) is 5.69 Å². The van der Waals surface area contributed by atoms with Gasteiger partial charge in [-0.3, -0.25) is 9.88 Å². The van der Waals surface area contributed by atoms with Crippen LogP contribution in [0.3, 0.4) is 0 Å². The van der Waals surface area contributed by atoms with Crippen molar-refractivity contribution in [3.63, 3.8) is 0 Å². The van der Waals surface area contributed by atoms with Crippen molar-refractivity contribution in [2.24, 2.45) is 7.05 Å². The van der Waals surface area contributed by atoms with E-state index in [0.29, 0.717) is 0 Å². The topological polar surface area (TPSA) is 45.6 Å². The van der Waals surface area contributed by atoms with E-state index in [4.69, 9.17) is 17.0 Å². The largest absolute Gasteiger partial charge is 0.379 e. The summed E-state index contributed by atoms with van der Waals surface area (Å²) in [5.41, 5.74) is 2.28. The molecule has 4 rings (SSSR count). The highest BCUT2D eigenvalue weighted by Gasteiger charge is 2.40. The summed E-state index contributed by atoms with van der Waals surface area (Å²) in [5, 5.41) is 4.34. The predicted octanol–water partition coefficient (Wildman–Crippen LogP) is 2.11. The standard InChI is InChI=1S/C20H27N5OS/c1-23-9-4-7-17(23)19-18(16-6-2-3-8-21-16)22-20(27)25(19)11-5-10-24-12-14-26-15-13-24/h2-4,6-9,18-19H,5,10-15H2,1H3,(H,22,27)/t18-,19+/m0/s1. The minimum absolute atomic E-state index is 0.0655. The third kappa shape index (κ3) is 4.00. The summed E-state index contributed by atoms with van der Waals surface area (Å²) in [6.45, 7) is 5.76. The van der Waals surface area contributed by atoms with Gasteiger partial charge in [-0.15, -0.1) is 0 Å². The third-order valence-corrected chi connectivity index (χ3v) is 5.81. The first-order chi connectivity index (χ1) is 13.2. The fourth-order valence-electron chi connectivity index (χ4n) is 4.04. The van der Waals surface area contributed by atoms with Gasteiger partial charge in [0.2, 0.25) is 0 Å². The molecular weight excluding hydrogens is 358 g/mol. The summed E-state index contributed by atoms with van der Waals surface area (Å²) in [5.74, 6) is 0. The number of hydrogen-bond donors (Lipinski definition) is 1. The Balaban J connectivity index is 1.51. The van der Waals surface area contributed by atoms with Crippen molar-refractivity contribution >= 4 is 17.3 Å². The first-order valence-electron chi connectivity index (χ1n) is 9.63. The maximum absolute atomic E-state index is 5.73. The van der Waals surface area contributed by atoms with Crippen LogP contribution in [0.1, 0.15) is 29.9 Å². The second-order valence-corrected chi connectivity index (χ2v) is 7.56. The van der Waals surface area contributed by atoms with Gasteiger partial charge in [-0.1, -0.05) is 6.07 Å². The van der Waals surface area contributed by atoms with E-state index in [0.717, 1.165) is 56.6 Å². The quantitative estimate of drug-likeness (QED) is 0.769. The fourth-order valence-corrected chi connectivity index (χ4v) is 4.37. The van der Waals surface area contributed by atoms with Crippen LogP contribution in [-0.2, 0) is 11.8 Å². The van der Waals surface area contributed by atoms with E-state index in [2.05, 4.69) is 56.1 Å². The molecule has 2 saturated heterocycles. The normalized spacial score (nSPS) is 23.6. The summed E-state index contributed by atoms with van der Waals surface area (Å²) in [6, 6.07) is 10.6. The van der Waals surface area contributed by atoms with Crippen LogP contribution >= 0.6 is 12.2 Å².